The highest BCUT2D eigenvalue weighted by Gasteiger charge is 2.14. The van der Waals surface area contributed by atoms with Crippen LogP contribution in [-0.4, -0.2) is 28.4 Å². The first-order chi connectivity index (χ1) is 8.13. The molecule has 17 heavy (non-hydrogen) atoms. The van der Waals surface area contributed by atoms with E-state index in [0.29, 0.717) is 24.0 Å². The molecule has 0 aliphatic carbocycles. The molecule has 0 unspecified atom stereocenters. The van der Waals surface area contributed by atoms with Gasteiger partial charge in [0.05, 0.1) is 17.6 Å². The van der Waals surface area contributed by atoms with Gasteiger partial charge in [0.1, 0.15) is 11.9 Å². The van der Waals surface area contributed by atoms with Crippen LogP contribution in [-0.2, 0) is 11.3 Å². The molecule has 0 radical (unpaired) electrons. The number of imidazole rings is 1. The van der Waals surface area contributed by atoms with E-state index < -0.39 is 6.10 Å². The zero-order valence-electron chi connectivity index (χ0n) is 9.85. The normalized spacial score (nSPS) is 13.2. The molecular weight excluding hydrogens is 240 g/mol. The number of methoxy groups -OCH3 is 1. The van der Waals surface area contributed by atoms with Crippen molar-refractivity contribution in [3.63, 3.8) is 0 Å². The molecule has 1 aromatic heterocycles. The second-order valence-corrected chi connectivity index (χ2v) is 4.36. The maximum absolute atomic E-state index is 9.72. The SMILES string of the molecule is COCCn1c([C@@H](C)O)nc2cc(Cl)ccc21. The van der Waals surface area contributed by atoms with E-state index in [1.807, 2.05) is 16.7 Å². The van der Waals surface area contributed by atoms with Crippen molar-refractivity contribution in [3.8, 4) is 0 Å². The van der Waals surface area contributed by atoms with E-state index in [1.165, 1.54) is 0 Å². The van der Waals surface area contributed by atoms with E-state index in [2.05, 4.69) is 4.98 Å². The van der Waals surface area contributed by atoms with Crippen LogP contribution in [0, 0.1) is 0 Å². The number of hydrogen-bond donors (Lipinski definition) is 1. The number of fused-ring (bicyclic) bond motifs is 1. The maximum Gasteiger partial charge on any atom is 0.138 e. The van der Waals surface area contributed by atoms with E-state index >= 15 is 0 Å². The zero-order chi connectivity index (χ0) is 12.4. The Morgan fingerprint density at radius 2 is 2.29 bits per heavy atom. The summed E-state index contributed by atoms with van der Waals surface area (Å²) in [7, 11) is 1.65. The minimum Gasteiger partial charge on any atom is -0.385 e. The van der Waals surface area contributed by atoms with Crippen molar-refractivity contribution < 1.29 is 9.84 Å². The van der Waals surface area contributed by atoms with Gasteiger partial charge in [-0.1, -0.05) is 11.6 Å². The number of aliphatic hydroxyl groups excluding tert-OH is 1. The Morgan fingerprint density at radius 1 is 1.53 bits per heavy atom. The van der Waals surface area contributed by atoms with Crippen molar-refractivity contribution in [1.29, 1.82) is 0 Å². The molecule has 1 heterocycles. The molecule has 2 aromatic rings. The summed E-state index contributed by atoms with van der Waals surface area (Å²) in [6.45, 7) is 2.94. The molecule has 0 amide bonds. The second kappa shape index (κ2) is 5.04. The molecule has 1 aromatic carbocycles. The van der Waals surface area contributed by atoms with Crippen LogP contribution in [0.15, 0.2) is 18.2 Å². The monoisotopic (exact) mass is 254 g/mol. The number of halogens is 1. The van der Waals surface area contributed by atoms with Gasteiger partial charge in [-0.05, 0) is 25.1 Å². The van der Waals surface area contributed by atoms with Crippen molar-refractivity contribution in [2.45, 2.75) is 19.6 Å². The van der Waals surface area contributed by atoms with Crippen LogP contribution in [0.4, 0.5) is 0 Å². The third-order valence-corrected chi connectivity index (χ3v) is 2.87. The van der Waals surface area contributed by atoms with Gasteiger partial charge < -0.3 is 14.4 Å². The molecule has 2 rings (SSSR count). The van der Waals surface area contributed by atoms with Crippen LogP contribution in [0.1, 0.15) is 18.9 Å². The average molecular weight is 255 g/mol. The number of rotatable bonds is 4. The van der Waals surface area contributed by atoms with Crippen molar-refractivity contribution in [2.75, 3.05) is 13.7 Å². The molecule has 0 bridgehead atoms. The summed E-state index contributed by atoms with van der Waals surface area (Å²) in [5.41, 5.74) is 1.76. The topological polar surface area (TPSA) is 47.3 Å². The molecule has 0 saturated carbocycles. The third kappa shape index (κ3) is 2.44. The molecule has 92 valence electrons. The van der Waals surface area contributed by atoms with Crippen molar-refractivity contribution in [2.24, 2.45) is 0 Å². The highest BCUT2D eigenvalue weighted by atomic mass is 35.5. The first-order valence-electron chi connectivity index (χ1n) is 5.46. The predicted molar refractivity (Wildman–Crippen MR) is 67.3 cm³/mol. The molecule has 0 fully saturated rings. The van der Waals surface area contributed by atoms with Gasteiger partial charge in [0, 0.05) is 18.7 Å². The Labute approximate surface area is 105 Å². The van der Waals surface area contributed by atoms with Gasteiger partial charge in [0.25, 0.3) is 0 Å². The number of aliphatic hydroxyl groups is 1. The fourth-order valence-electron chi connectivity index (χ4n) is 1.86. The minimum atomic E-state index is -0.613. The van der Waals surface area contributed by atoms with E-state index in [-0.39, 0.29) is 0 Å². The van der Waals surface area contributed by atoms with Gasteiger partial charge in [0.2, 0.25) is 0 Å². The Balaban J connectivity index is 2.54. The minimum absolute atomic E-state index is 0.577. The Hall–Kier alpha value is -1.10. The van der Waals surface area contributed by atoms with E-state index in [4.69, 9.17) is 16.3 Å². The lowest BCUT2D eigenvalue weighted by Gasteiger charge is -2.10. The fourth-order valence-corrected chi connectivity index (χ4v) is 2.02. The van der Waals surface area contributed by atoms with Gasteiger partial charge in [-0.2, -0.15) is 0 Å². The van der Waals surface area contributed by atoms with Crippen molar-refractivity contribution >= 4 is 22.6 Å². The lowest BCUT2D eigenvalue weighted by Crippen LogP contribution is -2.10. The molecule has 0 saturated heterocycles. The molecule has 5 heteroatoms. The summed E-state index contributed by atoms with van der Waals surface area (Å²) in [4.78, 5) is 4.40. The Bertz CT molecular complexity index is 522. The van der Waals surface area contributed by atoms with Gasteiger partial charge >= 0.3 is 0 Å². The van der Waals surface area contributed by atoms with Gasteiger partial charge in [0.15, 0.2) is 0 Å². The molecule has 1 atom stereocenters. The lowest BCUT2D eigenvalue weighted by molar-refractivity contribution is 0.167. The highest BCUT2D eigenvalue weighted by molar-refractivity contribution is 6.31. The molecule has 4 nitrogen and oxygen atoms in total. The van der Waals surface area contributed by atoms with Crippen molar-refractivity contribution in [3.05, 3.63) is 29.0 Å². The van der Waals surface area contributed by atoms with Gasteiger partial charge in [-0.25, -0.2) is 4.98 Å². The Morgan fingerprint density at radius 3 is 2.94 bits per heavy atom. The summed E-state index contributed by atoms with van der Waals surface area (Å²) in [5, 5.41) is 10.4. The maximum atomic E-state index is 9.72. The summed E-state index contributed by atoms with van der Waals surface area (Å²) in [6, 6.07) is 5.53. The van der Waals surface area contributed by atoms with Gasteiger partial charge in [-0.3, -0.25) is 0 Å². The number of nitrogens with zero attached hydrogens (tertiary/aromatic N) is 2. The standard InChI is InChI=1S/C12H15ClN2O2/c1-8(16)12-14-10-7-9(13)3-4-11(10)15(12)5-6-17-2/h3-4,7-8,16H,5-6H2,1-2H3/t8-/m1/s1. The average Bonchev–Trinajstić information content (AvgIpc) is 2.64. The fraction of sp³-hybridized carbons (Fsp3) is 0.417. The molecule has 0 aliphatic rings. The van der Waals surface area contributed by atoms with E-state index in [1.54, 1.807) is 20.1 Å². The van der Waals surface area contributed by atoms with Crippen LogP contribution >= 0.6 is 11.6 Å². The smallest absolute Gasteiger partial charge is 0.138 e. The summed E-state index contributed by atoms with van der Waals surface area (Å²) >= 11 is 5.93. The van der Waals surface area contributed by atoms with Crippen molar-refractivity contribution in [1.82, 2.24) is 9.55 Å². The van der Waals surface area contributed by atoms with E-state index in [0.717, 1.165) is 11.0 Å². The molecular formula is C12H15ClN2O2. The quantitative estimate of drug-likeness (QED) is 0.911. The molecule has 0 aliphatic heterocycles. The first-order valence-corrected chi connectivity index (χ1v) is 5.84. The number of hydrogen-bond acceptors (Lipinski definition) is 3. The summed E-state index contributed by atoms with van der Waals surface area (Å²) in [6.07, 6.45) is -0.613. The van der Waals surface area contributed by atoms with Crippen LogP contribution < -0.4 is 0 Å². The third-order valence-electron chi connectivity index (χ3n) is 2.63. The van der Waals surface area contributed by atoms with Crippen LogP contribution in [0.2, 0.25) is 5.02 Å². The zero-order valence-corrected chi connectivity index (χ0v) is 10.6. The number of aromatic nitrogens is 2. The number of ether oxygens (including phenoxy) is 1. The molecule has 1 N–H and O–H groups in total. The summed E-state index contributed by atoms with van der Waals surface area (Å²) < 4.78 is 7.02. The van der Waals surface area contributed by atoms with Crippen LogP contribution in [0.5, 0.6) is 0 Å². The number of benzene rings is 1. The van der Waals surface area contributed by atoms with Crippen LogP contribution in [0.25, 0.3) is 11.0 Å². The van der Waals surface area contributed by atoms with E-state index in [9.17, 15) is 5.11 Å². The second-order valence-electron chi connectivity index (χ2n) is 3.92. The summed E-state index contributed by atoms with van der Waals surface area (Å²) in [5.74, 6) is 0.638. The molecule has 0 spiro atoms. The van der Waals surface area contributed by atoms with Crippen LogP contribution in [0.3, 0.4) is 0 Å². The Kier molecular flexibility index (Phi) is 3.66. The first kappa shape index (κ1) is 12.4. The predicted octanol–water partition coefficient (Wildman–Crippen LogP) is 2.39. The van der Waals surface area contributed by atoms with Gasteiger partial charge in [-0.15, -0.1) is 0 Å². The lowest BCUT2D eigenvalue weighted by atomic mass is 10.3. The largest absolute Gasteiger partial charge is 0.385 e. The highest BCUT2D eigenvalue weighted by Crippen LogP contribution is 2.23.